The number of piperidine rings is 2. The van der Waals surface area contributed by atoms with E-state index in [4.69, 9.17) is 0 Å². The van der Waals surface area contributed by atoms with Gasteiger partial charge in [-0.3, -0.25) is 9.69 Å². The predicted octanol–water partition coefficient (Wildman–Crippen LogP) is 3.29. The third-order valence-electron chi connectivity index (χ3n) is 6.59. The van der Waals surface area contributed by atoms with Crippen LogP contribution in [0.4, 0.5) is 0 Å². The Morgan fingerprint density at radius 1 is 1.15 bits per heavy atom. The molecule has 150 valence electrons. The second kappa shape index (κ2) is 9.70. The van der Waals surface area contributed by atoms with Crippen LogP contribution in [0.2, 0.25) is 0 Å². The normalized spacial score (nSPS) is 28.6. The Hall–Kier alpha value is -1.39. The number of nitrogens with zero attached hydrogens (tertiary/aromatic N) is 1. The molecular formula is C23H37N3O. The molecule has 1 aromatic carbocycles. The van der Waals surface area contributed by atoms with Crippen molar-refractivity contribution in [1.82, 2.24) is 15.5 Å². The minimum atomic E-state index is 0.251. The van der Waals surface area contributed by atoms with E-state index in [2.05, 4.69) is 66.6 Å². The summed E-state index contributed by atoms with van der Waals surface area (Å²) in [5.41, 5.74) is 1.37. The van der Waals surface area contributed by atoms with Gasteiger partial charge in [-0.05, 0) is 55.2 Å². The molecule has 0 spiro atoms. The monoisotopic (exact) mass is 371 g/mol. The molecule has 0 radical (unpaired) electrons. The zero-order valence-corrected chi connectivity index (χ0v) is 17.3. The molecule has 2 N–H and O–H groups in total. The van der Waals surface area contributed by atoms with E-state index in [0.717, 1.165) is 32.7 Å². The summed E-state index contributed by atoms with van der Waals surface area (Å²) in [4.78, 5) is 15.2. The lowest BCUT2D eigenvalue weighted by atomic mass is 9.83. The molecule has 2 aliphatic rings. The zero-order chi connectivity index (χ0) is 19.2. The number of benzene rings is 1. The Kier molecular flexibility index (Phi) is 7.31. The zero-order valence-electron chi connectivity index (χ0n) is 17.3. The Balaban J connectivity index is 1.48. The van der Waals surface area contributed by atoms with Crippen LogP contribution in [0.1, 0.15) is 45.6 Å². The van der Waals surface area contributed by atoms with E-state index in [1.165, 1.54) is 18.4 Å². The molecule has 27 heavy (non-hydrogen) atoms. The highest BCUT2D eigenvalue weighted by molar-refractivity contribution is 5.76. The smallest absolute Gasteiger partial charge is 0.220 e. The van der Waals surface area contributed by atoms with Gasteiger partial charge in [0.2, 0.25) is 5.91 Å². The Bertz CT molecular complexity index is 573. The minimum Gasteiger partial charge on any atom is -0.353 e. The van der Waals surface area contributed by atoms with Crippen molar-refractivity contribution in [3.63, 3.8) is 0 Å². The van der Waals surface area contributed by atoms with Gasteiger partial charge in [0.25, 0.3) is 0 Å². The van der Waals surface area contributed by atoms with Gasteiger partial charge in [-0.25, -0.2) is 0 Å². The average Bonchev–Trinajstić information content (AvgIpc) is 2.66. The van der Waals surface area contributed by atoms with E-state index < -0.39 is 0 Å². The lowest BCUT2D eigenvalue weighted by Crippen LogP contribution is -2.54. The molecule has 3 unspecified atom stereocenters. The molecule has 4 heteroatoms. The Morgan fingerprint density at radius 2 is 1.78 bits per heavy atom. The first kappa shape index (κ1) is 20.3. The maximum atomic E-state index is 12.7. The lowest BCUT2D eigenvalue weighted by molar-refractivity contribution is -0.124. The van der Waals surface area contributed by atoms with Crippen molar-refractivity contribution < 1.29 is 4.79 Å². The highest BCUT2D eigenvalue weighted by Gasteiger charge is 2.33. The highest BCUT2D eigenvalue weighted by Crippen LogP contribution is 2.26. The van der Waals surface area contributed by atoms with Crippen molar-refractivity contribution >= 4 is 5.91 Å². The SMILES string of the molecule is CC(CC(=O)NC1C(C)CN(Cc2ccccc2)CC1C)C1CCNCC1. The van der Waals surface area contributed by atoms with E-state index in [0.29, 0.717) is 36.1 Å². The second-order valence-electron chi connectivity index (χ2n) is 9.00. The summed E-state index contributed by atoms with van der Waals surface area (Å²) in [6.07, 6.45) is 3.09. The summed E-state index contributed by atoms with van der Waals surface area (Å²) in [7, 11) is 0. The van der Waals surface area contributed by atoms with E-state index in [1.807, 2.05) is 0 Å². The van der Waals surface area contributed by atoms with Crippen molar-refractivity contribution in [2.24, 2.45) is 23.7 Å². The molecule has 0 aromatic heterocycles. The lowest BCUT2D eigenvalue weighted by Gasteiger charge is -2.42. The number of hydrogen-bond donors (Lipinski definition) is 2. The Labute approximate surface area is 165 Å². The summed E-state index contributed by atoms with van der Waals surface area (Å²) in [6.45, 7) is 12.1. The van der Waals surface area contributed by atoms with Gasteiger partial charge in [-0.1, -0.05) is 51.1 Å². The molecule has 4 nitrogen and oxygen atoms in total. The van der Waals surface area contributed by atoms with E-state index in [1.54, 1.807) is 0 Å². The molecule has 2 fully saturated rings. The number of likely N-dealkylation sites (tertiary alicyclic amines) is 1. The van der Waals surface area contributed by atoms with Gasteiger partial charge >= 0.3 is 0 Å². The third kappa shape index (κ3) is 5.79. The minimum absolute atomic E-state index is 0.251. The molecule has 0 bridgehead atoms. The van der Waals surface area contributed by atoms with Gasteiger partial charge in [0.1, 0.15) is 0 Å². The largest absolute Gasteiger partial charge is 0.353 e. The van der Waals surface area contributed by atoms with Crippen molar-refractivity contribution in [3.05, 3.63) is 35.9 Å². The second-order valence-corrected chi connectivity index (χ2v) is 9.00. The van der Waals surface area contributed by atoms with Gasteiger partial charge < -0.3 is 10.6 Å². The molecule has 0 aliphatic carbocycles. The molecule has 2 saturated heterocycles. The van der Waals surface area contributed by atoms with Crippen molar-refractivity contribution in [3.8, 4) is 0 Å². The summed E-state index contributed by atoms with van der Waals surface area (Å²) in [5, 5.41) is 6.81. The summed E-state index contributed by atoms with van der Waals surface area (Å²) in [5.74, 6) is 2.39. The number of nitrogens with one attached hydrogen (secondary N) is 2. The molecule has 0 saturated carbocycles. The van der Waals surface area contributed by atoms with Crippen LogP contribution in [0.15, 0.2) is 30.3 Å². The number of carbonyl (C=O) groups excluding carboxylic acids is 1. The number of carbonyl (C=O) groups is 1. The average molecular weight is 372 g/mol. The maximum Gasteiger partial charge on any atom is 0.220 e. The van der Waals surface area contributed by atoms with Crippen molar-refractivity contribution in [2.45, 2.75) is 52.6 Å². The first-order valence-corrected chi connectivity index (χ1v) is 10.8. The fourth-order valence-electron chi connectivity index (χ4n) is 5.05. The summed E-state index contributed by atoms with van der Waals surface area (Å²) >= 11 is 0. The molecular weight excluding hydrogens is 334 g/mol. The third-order valence-corrected chi connectivity index (χ3v) is 6.59. The van der Waals surface area contributed by atoms with E-state index in [9.17, 15) is 4.79 Å². The Morgan fingerprint density at radius 3 is 2.41 bits per heavy atom. The number of amides is 1. The van der Waals surface area contributed by atoms with Crippen LogP contribution in [0.5, 0.6) is 0 Å². The molecule has 1 aromatic rings. The van der Waals surface area contributed by atoms with Crippen LogP contribution in [0.3, 0.4) is 0 Å². The molecule has 3 atom stereocenters. The van der Waals surface area contributed by atoms with Crippen LogP contribution in [0.25, 0.3) is 0 Å². The quantitative estimate of drug-likeness (QED) is 0.806. The number of rotatable bonds is 6. The van der Waals surface area contributed by atoms with Crippen LogP contribution < -0.4 is 10.6 Å². The molecule has 2 heterocycles. The van der Waals surface area contributed by atoms with Crippen molar-refractivity contribution in [1.29, 1.82) is 0 Å². The van der Waals surface area contributed by atoms with Crippen LogP contribution in [-0.2, 0) is 11.3 Å². The van der Waals surface area contributed by atoms with Crippen molar-refractivity contribution in [2.75, 3.05) is 26.2 Å². The predicted molar refractivity (Wildman–Crippen MR) is 111 cm³/mol. The topological polar surface area (TPSA) is 44.4 Å². The molecule has 1 amide bonds. The van der Waals surface area contributed by atoms with Crippen LogP contribution in [-0.4, -0.2) is 43.0 Å². The fourth-order valence-corrected chi connectivity index (χ4v) is 5.05. The van der Waals surface area contributed by atoms with Gasteiger partial charge in [0.15, 0.2) is 0 Å². The van der Waals surface area contributed by atoms with Gasteiger partial charge in [0, 0.05) is 32.1 Å². The highest BCUT2D eigenvalue weighted by atomic mass is 16.1. The first-order chi connectivity index (χ1) is 13.0. The van der Waals surface area contributed by atoms with E-state index in [-0.39, 0.29) is 5.91 Å². The van der Waals surface area contributed by atoms with Crippen LogP contribution in [0, 0.1) is 23.7 Å². The maximum absolute atomic E-state index is 12.7. The van der Waals surface area contributed by atoms with Gasteiger partial charge in [-0.15, -0.1) is 0 Å². The van der Waals surface area contributed by atoms with Crippen LogP contribution >= 0.6 is 0 Å². The molecule has 2 aliphatic heterocycles. The van der Waals surface area contributed by atoms with Gasteiger partial charge in [0.05, 0.1) is 0 Å². The summed E-state index contributed by atoms with van der Waals surface area (Å²) in [6, 6.07) is 11.0. The number of hydrogen-bond acceptors (Lipinski definition) is 3. The van der Waals surface area contributed by atoms with E-state index >= 15 is 0 Å². The standard InChI is InChI=1S/C23H37N3O/c1-17(21-9-11-24-12-10-21)13-22(27)25-23-18(2)14-26(15-19(23)3)16-20-7-5-4-6-8-20/h4-8,17-19,21,23-24H,9-16H2,1-3H3,(H,25,27). The fraction of sp³-hybridized carbons (Fsp3) is 0.696. The first-order valence-electron chi connectivity index (χ1n) is 10.8. The van der Waals surface area contributed by atoms with Gasteiger partial charge in [-0.2, -0.15) is 0 Å². The summed E-state index contributed by atoms with van der Waals surface area (Å²) < 4.78 is 0. The molecule has 3 rings (SSSR count).